The van der Waals surface area contributed by atoms with E-state index >= 15 is 0 Å². The van der Waals surface area contributed by atoms with Crippen LogP contribution in [0.15, 0.2) is 24.3 Å². The molecule has 0 spiro atoms. The molecule has 0 aromatic heterocycles. The molecule has 4 atom stereocenters. The van der Waals surface area contributed by atoms with Gasteiger partial charge in [-0.25, -0.2) is 0 Å². The van der Waals surface area contributed by atoms with Gasteiger partial charge in [-0.05, 0) is 32.4 Å². The van der Waals surface area contributed by atoms with Crippen molar-refractivity contribution in [2.45, 2.75) is 55.0 Å². The van der Waals surface area contributed by atoms with Gasteiger partial charge in [0.15, 0.2) is 12.1 Å². The number of rotatable bonds is 4. The normalized spacial score (nSPS) is 34.7. The van der Waals surface area contributed by atoms with Crippen LogP contribution in [0.5, 0.6) is 5.75 Å². The molecule has 2 aliphatic heterocycles. The quantitative estimate of drug-likeness (QED) is 0.774. The molecular weight excluding hydrogens is 383 g/mol. The average molecular weight is 407 g/mol. The fourth-order valence-electron chi connectivity index (χ4n) is 3.11. The van der Waals surface area contributed by atoms with Crippen LogP contribution in [0.4, 0.5) is 0 Å². The van der Waals surface area contributed by atoms with E-state index in [1.54, 1.807) is 21.0 Å². The lowest BCUT2D eigenvalue weighted by atomic mass is 9.91. The third kappa shape index (κ3) is 4.12. The van der Waals surface area contributed by atoms with Gasteiger partial charge in [-0.3, -0.25) is 0 Å². The summed E-state index contributed by atoms with van der Waals surface area (Å²) >= 11 is 12.1. The predicted octanol–water partition coefficient (Wildman–Crippen LogP) is 3.19. The monoisotopic (exact) mass is 406 g/mol. The van der Waals surface area contributed by atoms with Crippen molar-refractivity contribution in [2.24, 2.45) is 0 Å². The first-order valence-corrected chi connectivity index (χ1v) is 9.36. The molecule has 8 heteroatoms. The second kappa shape index (κ2) is 7.80. The number of methoxy groups -OCH3 is 1. The first kappa shape index (κ1) is 20.1. The molecule has 2 aliphatic rings. The zero-order valence-corrected chi connectivity index (χ0v) is 16.5. The van der Waals surface area contributed by atoms with Crippen LogP contribution < -0.4 is 4.74 Å². The molecule has 1 aromatic rings. The average Bonchev–Trinajstić information content (AvgIpc) is 2.64. The zero-order valence-electron chi connectivity index (χ0n) is 15.0. The molecule has 0 amide bonds. The minimum absolute atomic E-state index is 0.0454. The lowest BCUT2D eigenvalue weighted by Gasteiger charge is -2.50. The third-order valence-electron chi connectivity index (χ3n) is 4.63. The molecule has 0 aliphatic carbocycles. The Labute approximate surface area is 163 Å². The van der Waals surface area contributed by atoms with E-state index in [2.05, 4.69) is 0 Å². The van der Waals surface area contributed by atoms with Crippen molar-refractivity contribution >= 4 is 23.2 Å². The number of hydrogen-bond donors (Lipinski definition) is 1. The SMILES string of the molecule is COc1ccc([C@@H]2OCC[C@H]([C@@H]3OC(C)(C)OC[C@@]3(O)C(Cl)Cl)O2)cc1. The van der Waals surface area contributed by atoms with Gasteiger partial charge in [-0.1, -0.05) is 12.1 Å². The molecule has 2 saturated heterocycles. The molecular formula is C18H24Cl2O6. The maximum absolute atomic E-state index is 11.0. The van der Waals surface area contributed by atoms with Crippen LogP contribution in [0.2, 0.25) is 0 Å². The van der Waals surface area contributed by atoms with Crippen molar-refractivity contribution in [1.82, 2.24) is 0 Å². The third-order valence-corrected chi connectivity index (χ3v) is 5.38. The van der Waals surface area contributed by atoms with E-state index in [1.165, 1.54) is 0 Å². The molecule has 6 nitrogen and oxygen atoms in total. The molecule has 0 saturated carbocycles. The van der Waals surface area contributed by atoms with E-state index in [1.807, 2.05) is 24.3 Å². The van der Waals surface area contributed by atoms with E-state index in [4.69, 9.17) is 46.9 Å². The van der Waals surface area contributed by atoms with Crippen LogP contribution in [0, 0.1) is 0 Å². The van der Waals surface area contributed by atoms with E-state index in [9.17, 15) is 5.11 Å². The zero-order chi connectivity index (χ0) is 18.9. The molecule has 0 unspecified atom stereocenters. The molecule has 2 heterocycles. The smallest absolute Gasteiger partial charge is 0.184 e. The lowest BCUT2D eigenvalue weighted by Crippen LogP contribution is -2.65. The summed E-state index contributed by atoms with van der Waals surface area (Å²) in [6, 6.07) is 7.42. The summed E-state index contributed by atoms with van der Waals surface area (Å²) in [5.41, 5.74) is -0.732. The van der Waals surface area contributed by atoms with Gasteiger partial charge in [0.25, 0.3) is 0 Å². The Morgan fingerprint density at radius 3 is 2.54 bits per heavy atom. The highest BCUT2D eigenvalue weighted by atomic mass is 35.5. The lowest BCUT2D eigenvalue weighted by molar-refractivity contribution is -0.364. The van der Waals surface area contributed by atoms with Crippen molar-refractivity contribution in [2.75, 3.05) is 20.3 Å². The maximum atomic E-state index is 11.0. The van der Waals surface area contributed by atoms with Gasteiger partial charge < -0.3 is 28.8 Å². The summed E-state index contributed by atoms with van der Waals surface area (Å²) in [5.74, 6) is -0.131. The van der Waals surface area contributed by atoms with Crippen LogP contribution in [0.25, 0.3) is 0 Å². The summed E-state index contributed by atoms with van der Waals surface area (Å²) in [6.45, 7) is 3.96. The Hall–Kier alpha value is -0.600. The Morgan fingerprint density at radius 1 is 1.23 bits per heavy atom. The molecule has 2 fully saturated rings. The van der Waals surface area contributed by atoms with Crippen LogP contribution in [-0.4, -0.2) is 53.9 Å². The number of alkyl halides is 2. The van der Waals surface area contributed by atoms with Crippen LogP contribution >= 0.6 is 23.2 Å². The molecule has 146 valence electrons. The van der Waals surface area contributed by atoms with E-state index in [-0.39, 0.29) is 6.61 Å². The second-order valence-electron chi connectivity index (χ2n) is 6.96. The predicted molar refractivity (Wildman–Crippen MR) is 96.5 cm³/mol. The summed E-state index contributed by atoms with van der Waals surface area (Å²) in [5, 5.41) is 11.0. The van der Waals surface area contributed by atoms with Gasteiger partial charge in [0.2, 0.25) is 0 Å². The van der Waals surface area contributed by atoms with Gasteiger partial charge in [-0.2, -0.15) is 0 Å². The topological polar surface area (TPSA) is 66.4 Å². The maximum Gasteiger partial charge on any atom is 0.184 e. The van der Waals surface area contributed by atoms with Gasteiger partial charge in [0.05, 0.1) is 26.4 Å². The van der Waals surface area contributed by atoms with Gasteiger partial charge in [0.1, 0.15) is 22.3 Å². The molecule has 3 rings (SSSR count). The molecule has 1 aromatic carbocycles. The Kier molecular flexibility index (Phi) is 6.04. The number of halogens is 2. The van der Waals surface area contributed by atoms with E-state index in [0.29, 0.717) is 13.0 Å². The molecule has 0 bridgehead atoms. The molecule has 1 N–H and O–H groups in total. The summed E-state index contributed by atoms with van der Waals surface area (Å²) < 4.78 is 28.5. The van der Waals surface area contributed by atoms with Gasteiger partial charge in [-0.15, -0.1) is 23.2 Å². The summed E-state index contributed by atoms with van der Waals surface area (Å²) in [7, 11) is 1.61. The Morgan fingerprint density at radius 2 is 1.92 bits per heavy atom. The number of benzene rings is 1. The van der Waals surface area contributed by atoms with Crippen LogP contribution in [0.1, 0.15) is 32.1 Å². The van der Waals surface area contributed by atoms with E-state index < -0.39 is 34.7 Å². The van der Waals surface area contributed by atoms with Crippen molar-refractivity contribution < 1.29 is 28.8 Å². The van der Waals surface area contributed by atoms with Crippen molar-refractivity contribution in [3.8, 4) is 5.75 Å². The van der Waals surface area contributed by atoms with Crippen molar-refractivity contribution in [3.63, 3.8) is 0 Å². The number of hydrogen-bond acceptors (Lipinski definition) is 6. The fraction of sp³-hybridized carbons (Fsp3) is 0.667. The van der Waals surface area contributed by atoms with Gasteiger partial charge >= 0.3 is 0 Å². The highest BCUT2D eigenvalue weighted by Crippen LogP contribution is 2.40. The summed E-state index contributed by atoms with van der Waals surface area (Å²) in [4.78, 5) is -1.09. The van der Waals surface area contributed by atoms with Gasteiger partial charge in [0, 0.05) is 5.56 Å². The van der Waals surface area contributed by atoms with Crippen LogP contribution in [-0.2, 0) is 18.9 Å². The fourth-order valence-corrected chi connectivity index (χ4v) is 3.49. The Balaban J connectivity index is 1.79. The standard InChI is InChI=1S/C18H24Cl2O6/c1-17(2)24-10-18(21,16(19)20)14(26-17)13-8-9-23-15(25-13)11-4-6-12(22-3)7-5-11/h4-7,13-16,21H,8-10H2,1-3H3/t13-,14+,15-,18+/m1/s1. The number of aliphatic hydroxyl groups is 1. The van der Waals surface area contributed by atoms with Crippen molar-refractivity contribution in [3.05, 3.63) is 29.8 Å². The molecule has 26 heavy (non-hydrogen) atoms. The minimum Gasteiger partial charge on any atom is -0.497 e. The van der Waals surface area contributed by atoms with E-state index in [0.717, 1.165) is 11.3 Å². The first-order valence-electron chi connectivity index (χ1n) is 8.48. The molecule has 0 radical (unpaired) electrons. The highest BCUT2D eigenvalue weighted by Gasteiger charge is 2.55. The minimum atomic E-state index is -1.58. The number of ether oxygens (including phenoxy) is 5. The summed E-state index contributed by atoms with van der Waals surface area (Å²) in [6.07, 6.45) is -1.25. The van der Waals surface area contributed by atoms with Crippen LogP contribution in [0.3, 0.4) is 0 Å². The van der Waals surface area contributed by atoms with Crippen molar-refractivity contribution in [1.29, 1.82) is 0 Å². The second-order valence-corrected chi connectivity index (χ2v) is 8.05. The highest BCUT2D eigenvalue weighted by molar-refractivity contribution is 6.45. The first-order chi connectivity index (χ1) is 12.2. The Bertz CT molecular complexity index is 608. The largest absolute Gasteiger partial charge is 0.497 e.